The molecule has 0 radical (unpaired) electrons. The fourth-order valence-corrected chi connectivity index (χ4v) is 5.78. The van der Waals surface area contributed by atoms with Gasteiger partial charge in [-0.25, -0.2) is 8.42 Å². The summed E-state index contributed by atoms with van der Waals surface area (Å²) in [6, 6.07) is 12.7. The molecule has 1 amide bonds. The Labute approximate surface area is 185 Å². The number of para-hydroxylation sites is 1. The Kier molecular flexibility index (Phi) is 5.73. The molecule has 2 aliphatic rings. The van der Waals surface area contributed by atoms with Crippen LogP contribution in [-0.2, 0) is 26.7 Å². The van der Waals surface area contributed by atoms with Gasteiger partial charge in [-0.15, -0.1) is 0 Å². The molecule has 0 atom stereocenters. The van der Waals surface area contributed by atoms with Crippen LogP contribution in [0.3, 0.4) is 0 Å². The molecule has 2 heterocycles. The highest BCUT2D eigenvalue weighted by atomic mass is 32.2. The molecule has 1 fully saturated rings. The Bertz CT molecular complexity index is 1090. The van der Waals surface area contributed by atoms with Gasteiger partial charge in [-0.3, -0.25) is 9.52 Å². The predicted octanol–water partition coefficient (Wildman–Crippen LogP) is 3.77. The van der Waals surface area contributed by atoms with Crippen LogP contribution in [0.15, 0.2) is 47.4 Å². The summed E-state index contributed by atoms with van der Waals surface area (Å²) in [5.74, 6) is 0.149. The van der Waals surface area contributed by atoms with Crippen LogP contribution in [0.1, 0.15) is 44.7 Å². The normalized spacial score (nSPS) is 17.6. The first-order valence-corrected chi connectivity index (χ1v) is 12.5. The SMILES string of the molecule is CCc1ccccc1NS(=O)(=O)c1ccc2c(c1)C(C)(C)CN2CC(=O)N1CCCC1. The number of anilines is 2. The van der Waals surface area contributed by atoms with E-state index in [9.17, 15) is 13.2 Å². The van der Waals surface area contributed by atoms with Crippen molar-refractivity contribution in [2.75, 3.05) is 35.8 Å². The van der Waals surface area contributed by atoms with E-state index in [0.29, 0.717) is 18.8 Å². The minimum atomic E-state index is -3.71. The van der Waals surface area contributed by atoms with Crippen LogP contribution in [0, 0.1) is 0 Å². The van der Waals surface area contributed by atoms with Crippen LogP contribution in [-0.4, -0.2) is 45.4 Å². The molecule has 1 saturated heterocycles. The average molecular weight is 442 g/mol. The lowest BCUT2D eigenvalue weighted by molar-refractivity contribution is -0.128. The Balaban J connectivity index is 1.60. The molecular weight excluding hydrogens is 410 g/mol. The Morgan fingerprint density at radius 1 is 1.10 bits per heavy atom. The van der Waals surface area contributed by atoms with E-state index in [-0.39, 0.29) is 16.2 Å². The fraction of sp³-hybridized carbons (Fsp3) is 0.458. The highest BCUT2D eigenvalue weighted by molar-refractivity contribution is 7.92. The number of carbonyl (C=O) groups excluding carboxylic acids is 1. The van der Waals surface area contributed by atoms with E-state index < -0.39 is 10.0 Å². The number of nitrogens with one attached hydrogen (secondary N) is 1. The zero-order chi connectivity index (χ0) is 22.2. The van der Waals surface area contributed by atoms with Gasteiger partial charge in [0, 0.05) is 30.7 Å². The van der Waals surface area contributed by atoms with Gasteiger partial charge in [0.2, 0.25) is 5.91 Å². The maximum absolute atomic E-state index is 13.1. The number of benzene rings is 2. The van der Waals surface area contributed by atoms with Crippen molar-refractivity contribution in [3.63, 3.8) is 0 Å². The summed E-state index contributed by atoms with van der Waals surface area (Å²) < 4.78 is 29.0. The summed E-state index contributed by atoms with van der Waals surface area (Å²) in [6.45, 7) is 8.91. The van der Waals surface area contributed by atoms with Gasteiger partial charge in [0.05, 0.1) is 17.1 Å². The van der Waals surface area contributed by atoms with E-state index in [4.69, 9.17) is 0 Å². The number of hydrogen-bond acceptors (Lipinski definition) is 4. The zero-order valence-corrected chi connectivity index (χ0v) is 19.3. The van der Waals surface area contributed by atoms with Crippen molar-refractivity contribution in [1.82, 2.24) is 4.90 Å². The van der Waals surface area contributed by atoms with Gasteiger partial charge in [0.25, 0.3) is 10.0 Å². The van der Waals surface area contributed by atoms with Crippen molar-refractivity contribution in [3.05, 3.63) is 53.6 Å². The van der Waals surface area contributed by atoms with Crippen molar-refractivity contribution in [1.29, 1.82) is 0 Å². The molecule has 0 spiro atoms. The van der Waals surface area contributed by atoms with Crippen molar-refractivity contribution in [3.8, 4) is 0 Å². The van der Waals surface area contributed by atoms with Crippen LogP contribution in [0.4, 0.5) is 11.4 Å². The van der Waals surface area contributed by atoms with E-state index >= 15 is 0 Å². The Hall–Kier alpha value is -2.54. The minimum absolute atomic E-state index is 0.149. The molecule has 0 bridgehead atoms. The molecule has 2 aromatic rings. The number of fused-ring (bicyclic) bond motifs is 1. The number of hydrogen-bond donors (Lipinski definition) is 1. The topological polar surface area (TPSA) is 69.7 Å². The number of rotatable bonds is 6. The van der Waals surface area contributed by atoms with Gasteiger partial charge in [-0.2, -0.15) is 0 Å². The van der Waals surface area contributed by atoms with Crippen LogP contribution in [0.5, 0.6) is 0 Å². The predicted molar refractivity (Wildman–Crippen MR) is 124 cm³/mol. The molecule has 0 aliphatic carbocycles. The third kappa shape index (κ3) is 4.28. The molecule has 0 saturated carbocycles. The maximum Gasteiger partial charge on any atom is 0.261 e. The first kappa shape index (κ1) is 21.7. The summed E-state index contributed by atoms with van der Waals surface area (Å²) in [5, 5.41) is 0. The number of amides is 1. The van der Waals surface area contributed by atoms with Crippen molar-refractivity contribution in [2.24, 2.45) is 0 Å². The molecule has 6 nitrogen and oxygen atoms in total. The average Bonchev–Trinajstić information content (AvgIpc) is 3.35. The van der Waals surface area contributed by atoms with Gasteiger partial charge in [-0.1, -0.05) is 39.0 Å². The van der Waals surface area contributed by atoms with Gasteiger partial charge in [-0.05, 0) is 54.7 Å². The minimum Gasteiger partial charge on any atom is -0.361 e. The number of aryl methyl sites for hydroxylation is 1. The van der Waals surface area contributed by atoms with Crippen molar-refractivity contribution in [2.45, 2.75) is 50.3 Å². The quantitative estimate of drug-likeness (QED) is 0.741. The fourth-order valence-electron chi connectivity index (χ4n) is 4.65. The first-order chi connectivity index (χ1) is 14.7. The number of nitrogens with zero attached hydrogens (tertiary/aromatic N) is 2. The van der Waals surface area contributed by atoms with E-state index in [1.54, 1.807) is 18.2 Å². The Morgan fingerprint density at radius 2 is 1.81 bits per heavy atom. The monoisotopic (exact) mass is 441 g/mol. The largest absolute Gasteiger partial charge is 0.361 e. The lowest BCUT2D eigenvalue weighted by atomic mass is 9.87. The molecule has 0 aromatic heterocycles. The van der Waals surface area contributed by atoms with Crippen LogP contribution in [0.2, 0.25) is 0 Å². The third-order valence-corrected chi connectivity index (χ3v) is 7.72. The molecule has 31 heavy (non-hydrogen) atoms. The lowest BCUT2D eigenvalue weighted by Crippen LogP contribution is -2.40. The molecular formula is C24H31N3O3S. The first-order valence-electron chi connectivity index (χ1n) is 11.0. The molecule has 7 heteroatoms. The lowest BCUT2D eigenvalue weighted by Gasteiger charge is -2.24. The van der Waals surface area contributed by atoms with E-state index in [2.05, 4.69) is 23.5 Å². The molecule has 0 unspecified atom stereocenters. The van der Waals surface area contributed by atoms with E-state index in [0.717, 1.165) is 49.2 Å². The zero-order valence-electron chi connectivity index (χ0n) is 18.5. The second-order valence-electron chi connectivity index (χ2n) is 9.12. The standard InChI is InChI=1S/C24H31N3O3S/c1-4-18-9-5-6-10-21(18)25-31(29,30)19-11-12-22-20(15-19)24(2,3)17-27(22)16-23(28)26-13-7-8-14-26/h5-6,9-12,15,25H,4,7-8,13-14,16-17H2,1-3H3. The summed E-state index contributed by atoms with van der Waals surface area (Å²) in [7, 11) is -3.71. The van der Waals surface area contributed by atoms with Crippen LogP contribution in [0.25, 0.3) is 0 Å². The second kappa shape index (κ2) is 8.19. The summed E-state index contributed by atoms with van der Waals surface area (Å²) in [6.07, 6.45) is 2.89. The highest BCUT2D eigenvalue weighted by Gasteiger charge is 2.37. The maximum atomic E-state index is 13.1. The van der Waals surface area contributed by atoms with Crippen LogP contribution >= 0.6 is 0 Å². The van der Waals surface area contributed by atoms with Crippen molar-refractivity contribution < 1.29 is 13.2 Å². The number of sulfonamides is 1. The third-order valence-electron chi connectivity index (χ3n) is 6.36. The van der Waals surface area contributed by atoms with Crippen molar-refractivity contribution >= 4 is 27.3 Å². The molecule has 4 rings (SSSR count). The highest BCUT2D eigenvalue weighted by Crippen LogP contribution is 2.41. The molecule has 166 valence electrons. The van der Waals surface area contributed by atoms with Gasteiger partial charge in [0.1, 0.15) is 0 Å². The Morgan fingerprint density at radius 3 is 2.52 bits per heavy atom. The van der Waals surface area contributed by atoms with Gasteiger partial charge in [0.15, 0.2) is 0 Å². The molecule has 2 aromatic carbocycles. The molecule has 1 N–H and O–H groups in total. The van der Waals surface area contributed by atoms with Crippen LogP contribution < -0.4 is 9.62 Å². The number of carbonyl (C=O) groups is 1. The number of likely N-dealkylation sites (tertiary alicyclic amines) is 1. The molecule has 2 aliphatic heterocycles. The smallest absolute Gasteiger partial charge is 0.261 e. The summed E-state index contributed by atoms with van der Waals surface area (Å²) in [4.78, 5) is 17.0. The van der Waals surface area contributed by atoms with Gasteiger partial charge < -0.3 is 9.80 Å². The van der Waals surface area contributed by atoms with Gasteiger partial charge >= 0.3 is 0 Å². The summed E-state index contributed by atoms with van der Waals surface area (Å²) >= 11 is 0. The van der Waals surface area contributed by atoms with E-state index in [1.165, 1.54) is 0 Å². The second-order valence-corrected chi connectivity index (χ2v) is 10.8. The van der Waals surface area contributed by atoms with E-state index in [1.807, 2.05) is 36.1 Å². The summed E-state index contributed by atoms with van der Waals surface area (Å²) in [5.41, 5.74) is 3.24.